The van der Waals surface area contributed by atoms with E-state index in [-0.39, 0.29) is 6.54 Å². The van der Waals surface area contributed by atoms with Gasteiger partial charge in [-0.25, -0.2) is 13.1 Å². The van der Waals surface area contributed by atoms with Gasteiger partial charge in [0.1, 0.15) is 0 Å². The van der Waals surface area contributed by atoms with Crippen molar-refractivity contribution >= 4 is 10.0 Å². The number of hydrogen-bond donors (Lipinski definition) is 2. The quantitative estimate of drug-likeness (QED) is 0.627. The highest BCUT2D eigenvalue weighted by Crippen LogP contribution is 2.01. The second-order valence-corrected chi connectivity index (χ2v) is 4.75. The molecule has 0 amide bonds. The fourth-order valence-electron chi connectivity index (χ4n) is 0.875. The van der Waals surface area contributed by atoms with Crippen molar-refractivity contribution in [3.63, 3.8) is 0 Å². The van der Waals surface area contributed by atoms with Crippen molar-refractivity contribution in [3.8, 4) is 0 Å². The minimum atomic E-state index is -3.16. The van der Waals surface area contributed by atoms with Crippen molar-refractivity contribution in [2.75, 3.05) is 13.1 Å². The molecule has 74 valence electrons. The van der Waals surface area contributed by atoms with Gasteiger partial charge in [-0.1, -0.05) is 13.8 Å². The van der Waals surface area contributed by atoms with Gasteiger partial charge in [0.2, 0.25) is 10.0 Å². The number of nitrogens with two attached hydrogens (primary N) is 1. The average Bonchev–Trinajstić information content (AvgIpc) is 2.03. The summed E-state index contributed by atoms with van der Waals surface area (Å²) in [4.78, 5) is 0. The predicted molar refractivity (Wildman–Crippen MR) is 50.3 cm³/mol. The van der Waals surface area contributed by atoms with Crippen LogP contribution < -0.4 is 10.5 Å². The number of sulfonamides is 1. The third-order valence-corrected chi connectivity index (χ3v) is 3.72. The first-order valence-electron chi connectivity index (χ1n) is 4.27. The molecular weight excluding hydrogens is 176 g/mol. The molecule has 0 aliphatic heterocycles. The maximum atomic E-state index is 11.4. The molecule has 0 bridgehead atoms. The highest BCUT2D eigenvalue weighted by molar-refractivity contribution is 7.90. The lowest BCUT2D eigenvalue weighted by molar-refractivity contribution is 0.560. The van der Waals surface area contributed by atoms with E-state index in [4.69, 9.17) is 5.73 Å². The standard InChI is InChI=1S/C7H18N2O2S/c1-3-5-9-12(10,11)7(4-2)6-8/h7,9H,3-6,8H2,1-2H3. The Bertz CT molecular complexity index is 197. The normalized spacial score (nSPS) is 14.6. The maximum absolute atomic E-state index is 11.4. The van der Waals surface area contributed by atoms with E-state index in [1.165, 1.54) is 0 Å². The van der Waals surface area contributed by atoms with Crippen LogP contribution in [0.1, 0.15) is 26.7 Å². The molecule has 1 atom stereocenters. The van der Waals surface area contributed by atoms with E-state index >= 15 is 0 Å². The summed E-state index contributed by atoms with van der Waals surface area (Å²) in [6, 6.07) is 0. The molecule has 0 saturated heterocycles. The van der Waals surface area contributed by atoms with Gasteiger partial charge >= 0.3 is 0 Å². The molecule has 0 aromatic rings. The zero-order valence-corrected chi connectivity index (χ0v) is 8.52. The van der Waals surface area contributed by atoms with Crippen LogP contribution in [0.2, 0.25) is 0 Å². The maximum Gasteiger partial charge on any atom is 0.215 e. The van der Waals surface area contributed by atoms with Gasteiger partial charge in [-0.2, -0.15) is 0 Å². The summed E-state index contributed by atoms with van der Waals surface area (Å²) in [7, 11) is -3.16. The van der Waals surface area contributed by atoms with E-state index in [1.807, 2.05) is 13.8 Å². The molecule has 0 saturated carbocycles. The van der Waals surface area contributed by atoms with E-state index in [9.17, 15) is 8.42 Å². The van der Waals surface area contributed by atoms with Crippen LogP contribution in [0.3, 0.4) is 0 Å². The third-order valence-electron chi connectivity index (χ3n) is 1.71. The fourth-order valence-corrected chi connectivity index (χ4v) is 2.29. The van der Waals surface area contributed by atoms with E-state index < -0.39 is 15.3 Å². The summed E-state index contributed by atoms with van der Waals surface area (Å²) < 4.78 is 25.2. The van der Waals surface area contributed by atoms with E-state index in [2.05, 4.69) is 4.72 Å². The molecular formula is C7H18N2O2S. The molecule has 0 aliphatic rings. The minimum absolute atomic E-state index is 0.190. The second kappa shape index (κ2) is 5.50. The van der Waals surface area contributed by atoms with Gasteiger partial charge in [-0.3, -0.25) is 0 Å². The van der Waals surface area contributed by atoms with Gasteiger partial charge in [0.15, 0.2) is 0 Å². The molecule has 12 heavy (non-hydrogen) atoms. The molecule has 0 heterocycles. The molecule has 0 aliphatic carbocycles. The summed E-state index contributed by atoms with van der Waals surface area (Å²) in [5, 5.41) is -0.441. The summed E-state index contributed by atoms with van der Waals surface area (Å²) in [5.74, 6) is 0. The molecule has 0 radical (unpaired) electrons. The van der Waals surface area contributed by atoms with Gasteiger partial charge in [0.25, 0.3) is 0 Å². The Morgan fingerprint density at radius 3 is 2.33 bits per heavy atom. The summed E-state index contributed by atoms with van der Waals surface area (Å²) in [6.45, 7) is 4.43. The molecule has 0 rings (SSSR count). The van der Waals surface area contributed by atoms with Crippen molar-refractivity contribution in [3.05, 3.63) is 0 Å². The topological polar surface area (TPSA) is 72.2 Å². The van der Waals surface area contributed by atoms with Crippen molar-refractivity contribution < 1.29 is 8.42 Å². The molecule has 3 N–H and O–H groups in total. The monoisotopic (exact) mass is 194 g/mol. The Labute approximate surface area is 74.6 Å². The van der Waals surface area contributed by atoms with Crippen LogP contribution in [0.4, 0.5) is 0 Å². The SMILES string of the molecule is CCCNS(=O)(=O)C(CC)CN. The largest absolute Gasteiger partial charge is 0.329 e. The summed E-state index contributed by atoms with van der Waals surface area (Å²) in [5.41, 5.74) is 5.32. The lowest BCUT2D eigenvalue weighted by atomic mass is 10.3. The molecule has 0 aromatic carbocycles. The van der Waals surface area contributed by atoms with Crippen LogP contribution in [0.25, 0.3) is 0 Å². The van der Waals surface area contributed by atoms with Crippen molar-refractivity contribution in [1.82, 2.24) is 4.72 Å². The average molecular weight is 194 g/mol. The predicted octanol–water partition coefficient (Wildman–Crippen LogP) is 0.0531. The zero-order chi connectivity index (χ0) is 9.61. The number of rotatable bonds is 6. The van der Waals surface area contributed by atoms with Gasteiger partial charge in [-0.15, -0.1) is 0 Å². The van der Waals surface area contributed by atoms with Crippen molar-refractivity contribution in [2.24, 2.45) is 5.73 Å². The minimum Gasteiger partial charge on any atom is -0.329 e. The van der Waals surface area contributed by atoms with Crippen LogP contribution in [-0.4, -0.2) is 26.8 Å². The molecule has 1 unspecified atom stereocenters. The molecule has 5 heteroatoms. The Balaban J connectivity index is 4.17. The van der Waals surface area contributed by atoms with E-state index in [0.29, 0.717) is 13.0 Å². The zero-order valence-electron chi connectivity index (χ0n) is 7.71. The Hall–Kier alpha value is -0.130. The highest BCUT2D eigenvalue weighted by atomic mass is 32.2. The van der Waals surface area contributed by atoms with E-state index in [1.54, 1.807) is 0 Å². The van der Waals surface area contributed by atoms with Crippen LogP contribution in [0, 0.1) is 0 Å². The molecule has 0 aromatic heterocycles. The molecule has 0 fully saturated rings. The fraction of sp³-hybridized carbons (Fsp3) is 1.00. The van der Waals surface area contributed by atoms with Gasteiger partial charge in [0.05, 0.1) is 5.25 Å². The Morgan fingerprint density at radius 1 is 1.42 bits per heavy atom. The molecule has 4 nitrogen and oxygen atoms in total. The van der Waals surface area contributed by atoms with Crippen LogP contribution >= 0.6 is 0 Å². The lowest BCUT2D eigenvalue weighted by Gasteiger charge is -2.13. The van der Waals surface area contributed by atoms with Crippen LogP contribution in [-0.2, 0) is 10.0 Å². The summed E-state index contributed by atoms with van der Waals surface area (Å²) in [6.07, 6.45) is 1.37. The van der Waals surface area contributed by atoms with Gasteiger partial charge in [-0.05, 0) is 12.8 Å². The Morgan fingerprint density at radius 2 is 2.00 bits per heavy atom. The Kier molecular flexibility index (Phi) is 5.44. The number of nitrogens with one attached hydrogen (secondary N) is 1. The van der Waals surface area contributed by atoms with Crippen LogP contribution in [0.15, 0.2) is 0 Å². The van der Waals surface area contributed by atoms with Gasteiger partial charge in [0, 0.05) is 13.1 Å². The van der Waals surface area contributed by atoms with Crippen molar-refractivity contribution in [2.45, 2.75) is 31.9 Å². The highest BCUT2D eigenvalue weighted by Gasteiger charge is 2.20. The van der Waals surface area contributed by atoms with Crippen LogP contribution in [0.5, 0.6) is 0 Å². The first-order valence-corrected chi connectivity index (χ1v) is 5.81. The smallest absolute Gasteiger partial charge is 0.215 e. The van der Waals surface area contributed by atoms with Gasteiger partial charge < -0.3 is 5.73 Å². The number of hydrogen-bond acceptors (Lipinski definition) is 3. The van der Waals surface area contributed by atoms with Crippen molar-refractivity contribution in [1.29, 1.82) is 0 Å². The third kappa shape index (κ3) is 3.51. The first kappa shape index (κ1) is 11.9. The lowest BCUT2D eigenvalue weighted by Crippen LogP contribution is -2.38. The second-order valence-electron chi connectivity index (χ2n) is 2.71. The van der Waals surface area contributed by atoms with E-state index in [0.717, 1.165) is 6.42 Å². The molecule has 0 spiro atoms. The first-order chi connectivity index (χ1) is 5.58. The summed E-state index contributed by atoms with van der Waals surface area (Å²) >= 11 is 0.